The number of hydrogen-bond acceptors (Lipinski definition) is 8. The third kappa shape index (κ3) is 6.90. The number of piperidine rings is 1. The Balaban J connectivity index is 1.62. The average Bonchev–Trinajstić information content (AvgIpc) is 2.96. The van der Waals surface area contributed by atoms with Crippen LogP contribution in [0.15, 0.2) is 65.3 Å². The fraction of sp³-hybridized carbons (Fsp3) is 0.280. The number of aromatic nitrogens is 2. The van der Waals surface area contributed by atoms with Crippen LogP contribution < -0.4 is 30.5 Å². The summed E-state index contributed by atoms with van der Waals surface area (Å²) in [4.78, 5) is 22.2. The van der Waals surface area contributed by atoms with Crippen LogP contribution in [0.5, 0.6) is 11.5 Å². The van der Waals surface area contributed by atoms with Gasteiger partial charge in [0.15, 0.2) is 5.82 Å². The molecule has 1 aliphatic rings. The molecular weight excluding hydrogens is 529 g/mol. The Bertz CT molecular complexity index is 1400. The lowest BCUT2D eigenvalue weighted by atomic mass is 10.1. The lowest BCUT2D eigenvalue weighted by Gasteiger charge is -2.31. The lowest BCUT2D eigenvalue weighted by molar-refractivity contribution is 0.0943. The summed E-state index contributed by atoms with van der Waals surface area (Å²) in [7, 11) is -1.24. The van der Waals surface area contributed by atoms with Crippen LogP contribution in [-0.2, 0) is 10.0 Å². The summed E-state index contributed by atoms with van der Waals surface area (Å²) in [5.74, 6) is -0.439. The molecule has 2 heterocycles. The first-order valence-corrected chi connectivity index (χ1v) is 13.5. The van der Waals surface area contributed by atoms with E-state index >= 15 is 0 Å². The predicted molar refractivity (Wildman–Crippen MR) is 144 cm³/mol. The number of hydrazine groups is 1. The van der Waals surface area contributed by atoms with Crippen LogP contribution in [0.2, 0.25) is 0 Å². The molecule has 2 aromatic carbocycles. The number of sulfonamides is 1. The van der Waals surface area contributed by atoms with Gasteiger partial charge in [0, 0.05) is 18.7 Å². The van der Waals surface area contributed by atoms with E-state index in [0.717, 1.165) is 12.4 Å². The van der Waals surface area contributed by atoms with Gasteiger partial charge in [-0.2, -0.15) is 0 Å². The van der Waals surface area contributed by atoms with Gasteiger partial charge in [-0.1, -0.05) is 24.3 Å². The number of benzene rings is 2. The van der Waals surface area contributed by atoms with Gasteiger partial charge in [0.25, 0.3) is 15.9 Å². The maximum Gasteiger partial charge on any atom is 0.269 e. The molecule has 0 bridgehead atoms. The minimum absolute atomic E-state index is 0.0547. The quantitative estimate of drug-likeness (QED) is 0.225. The Morgan fingerprint density at radius 2 is 1.69 bits per heavy atom. The van der Waals surface area contributed by atoms with Crippen molar-refractivity contribution in [3.63, 3.8) is 0 Å². The highest BCUT2D eigenvalue weighted by Gasteiger charge is 2.32. The SMILES string of the molecule is COc1cccc(OC)c1N/C(=N/S(=O)(=O)[C@H]1CCCN(c2ncc(F)cn2)C1)NNC(=O)c1ccccc1. The van der Waals surface area contributed by atoms with Crippen LogP contribution in [0, 0.1) is 5.82 Å². The standard InChI is InChI=1S/C25H28FN7O5S/c1-37-20-11-6-12-21(38-2)22(20)29-24(31-30-23(34)17-8-4-3-5-9-17)32-39(35,36)19-10-7-13-33(16-19)25-27-14-18(26)15-28-25/h3-6,8-9,11-12,14-15,19H,7,10,13,16H2,1-2H3,(H,30,34)(H2,29,31,32)/t19-/m0/s1. The van der Waals surface area contributed by atoms with E-state index in [1.54, 1.807) is 53.4 Å². The Labute approximate surface area is 225 Å². The van der Waals surface area contributed by atoms with Crippen LogP contribution in [-0.4, -0.2) is 62.8 Å². The van der Waals surface area contributed by atoms with Crippen molar-refractivity contribution in [1.82, 2.24) is 20.8 Å². The normalized spacial score (nSPS) is 15.8. The molecule has 1 atom stereocenters. The number of ether oxygens (including phenoxy) is 2. The monoisotopic (exact) mass is 557 g/mol. The Morgan fingerprint density at radius 3 is 2.33 bits per heavy atom. The number of halogens is 1. The van der Waals surface area contributed by atoms with Crippen LogP contribution >= 0.6 is 0 Å². The molecule has 0 radical (unpaired) electrons. The average molecular weight is 558 g/mol. The zero-order valence-electron chi connectivity index (χ0n) is 21.3. The fourth-order valence-corrected chi connectivity index (χ4v) is 5.31. The van der Waals surface area contributed by atoms with Gasteiger partial charge in [0.2, 0.25) is 11.9 Å². The number of carbonyl (C=O) groups is 1. The number of methoxy groups -OCH3 is 2. The molecule has 39 heavy (non-hydrogen) atoms. The van der Waals surface area contributed by atoms with Crippen molar-refractivity contribution < 1.29 is 27.1 Å². The van der Waals surface area contributed by atoms with Crippen molar-refractivity contribution in [3.05, 3.63) is 72.3 Å². The van der Waals surface area contributed by atoms with Crippen molar-refractivity contribution in [2.75, 3.05) is 37.5 Å². The maximum atomic E-state index is 13.5. The van der Waals surface area contributed by atoms with Crippen LogP contribution in [0.4, 0.5) is 16.0 Å². The molecule has 0 saturated carbocycles. The lowest BCUT2D eigenvalue weighted by Crippen LogP contribution is -2.47. The van der Waals surface area contributed by atoms with Gasteiger partial charge in [0.1, 0.15) is 17.2 Å². The van der Waals surface area contributed by atoms with Crippen molar-refractivity contribution in [1.29, 1.82) is 0 Å². The largest absolute Gasteiger partial charge is 0.494 e. The van der Waals surface area contributed by atoms with E-state index in [9.17, 15) is 17.6 Å². The molecule has 206 valence electrons. The summed E-state index contributed by atoms with van der Waals surface area (Å²) in [6.45, 7) is 0.565. The smallest absolute Gasteiger partial charge is 0.269 e. The molecule has 1 fully saturated rings. The molecule has 1 aliphatic heterocycles. The number of hydrogen-bond donors (Lipinski definition) is 3. The van der Waals surface area contributed by atoms with Gasteiger partial charge in [-0.15, -0.1) is 4.40 Å². The Morgan fingerprint density at radius 1 is 1.03 bits per heavy atom. The molecule has 1 saturated heterocycles. The van der Waals surface area contributed by atoms with E-state index in [2.05, 4.69) is 30.5 Å². The topological polar surface area (TPSA) is 147 Å². The second-order valence-electron chi connectivity index (χ2n) is 8.47. The third-order valence-corrected chi connectivity index (χ3v) is 7.57. The van der Waals surface area contributed by atoms with E-state index in [1.165, 1.54) is 14.2 Å². The summed E-state index contributed by atoms with van der Waals surface area (Å²) < 4.78 is 55.0. The van der Waals surface area contributed by atoms with Gasteiger partial charge in [-0.3, -0.25) is 15.6 Å². The van der Waals surface area contributed by atoms with E-state index in [-0.39, 0.29) is 18.5 Å². The Hall–Kier alpha value is -4.46. The highest BCUT2D eigenvalue weighted by Crippen LogP contribution is 2.34. The molecule has 0 spiro atoms. The number of para-hydroxylation sites is 1. The summed E-state index contributed by atoms with van der Waals surface area (Å²) in [5, 5.41) is 1.97. The molecular formula is C25H28FN7O5S. The second kappa shape index (κ2) is 12.4. The van der Waals surface area contributed by atoms with Gasteiger partial charge in [-0.05, 0) is 37.1 Å². The van der Waals surface area contributed by atoms with Gasteiger partial charge >= 0.3 is 0 Å². The van der Waals surface area contributed by atoms with Gasteiger partial charge in [-0.25, -0.2) is 22.8 Å². The molecule has 3 aromatic rings. The zero-order chi connectivity index (χ0) is 27.8. The first kappa shape index (κ1) is 27.6. The van der Waals surface area contributed by atoms with Crippen LogP contribution in [0.25, 0.3) is 0 Å². The maximum absolute atomic E-state index is 13.5. The van der Waals surface area contributed by atoms with E-state index in [1.807, 2.05) is 0 Å². The molecule has 1 aromatic heterocycles. The number of nitrogens with one attached hydrogen (secondary N) is 3. The first-order chi connectivity index (χ1) is 18.8. The van der Waals surface area contributed by atoms with Gasteiger partial charge in [0.05, 0.1) is 31.9 Å². The minimum atomic E-state index is -4.14. The van der Waals surface area contributed by atoms with Crippen molar-refractivity contribution >= 4 is 33.5 Å². The number of anilines is 2. The molecule has 1 amide bonds. The van der Waals surface area contributed by atoms with Crippen molar-refractivity contribution in [2.45, 2.75) is 18.1 Å². The van der Waals surface area contributed by atoms with Crippen LogP contribution in [0.1, 0.15) is 23.2 Å². The first-order valence-electron chi connectivity index (χ1n) is 12.0. The number of carbonyl (C=O) groups excluding carboxylic acids is 1. The number of guanidine groups is 1. The van der Waals surface area contributed by atoms with E-state index < -0.39 is 27.0 Å². The highest BCUT2D eigenvalue weighted by atomic mass is 32.2. The van der Waals surface area contributed by atoms with Crippen LogP contribution in [0.3, 0.4) is 0 Å². The zero-order valence-corrected chi connectivity index (χ0v) is 22.1. The van der Waals surface area contributed by atoms with E-state index in [0.29, 0.717) is 42.1 Å². The molecule has 12 nitrogen and oxygen atoms in total. The summed E-state index contributed by atoms with van der Waals surface area (Å²) in [6.07, 6.45) is 2.92. The summed E-state index contributed by atoms with van der Waals surface area (Å²) >= 11 is 0. The van der Waals surface area contributed by atoms with E-state index in [4.69, 9.17) is 9.47 Å². The molecule has 4 rings (SSSR count). The highest BCUT2D eigenvalue weighted by molar-refractivity contribution is 7.90. The van der Waals surface area contributed by atoms with Crippen molar-refractivity contribution in [2.24, 2.45) is 4.40 Å². The second-order valence-corrected chi connectivity index (χ2v) is 10.4. The number of rotatable bonds is 7. The molecule has 3 N–H and O–H groups in total. The molecule has 0 aliphatic carbocycles. The fourth-order valence-electron chi connectivity index (χ4n) is 3.98. The molecule has 14 heteroatoms. The number of nitrogens with zero attached hydrogens (tertiary/aromatic N) is 4. The minimum Gasteiger partial charge on any atom is -0.494 e. The number of amides is 1. The summed E-state index contributed by atoms with van der Waals surface area (Å²) in [5.41, 5.74) is 5.69. The third-order valence-electron chi connectivity index (χ3n) is 5.91. The molecule has 0 unspecified atom stereocenters. The Kier molecular flexibility index (Phi) is 8.76. The van der Waals surface area contributed by atoms with Gasteiger partial charge < -0.3 is 19.7 Å². The predicted octanol–water partition coefficient (Wildman–Crippen LogP) is 2.33. The van der Waals surface area contributed by atoms with Crippen molar-refractivity contribution in [3.8, 4) is 11.5 Å². The summed E-state index contributed by atoms with van der Waals surface area (Å²) in [6, 6.07) is 13.4.